The van der Waals surface area contributed by atoms with E-state index in [0.717, 1.165) is 23.4 Å². The van der Waals surface area contributed by atoms with E-state index in [9.17, 15) is 4.79 Å². The Morgan fingerprint density at radius 1 is 1.39 bits per heavy atom. The molecular weight excluding hydrogens is 230 g/mol. The Morgan fingerprint density at radius 3 is 2.56 bits per heavy atom. The van der Waals surface area contributed by atoms with Crippen LogP contribution >= 0.6 is 0 Å². The number of hydrogen-bond acceptors (Lipinski definition) is 4. The summed E-state index contributed by atoms with van der Waals surface area (Å²) < 4.78 is 5.11. The Morgan fingerprint density at radius 2 is 2.06 bits per heavy atom. The molecule has 2 unspecified atom stereocenters. The molecule has 0 aromatic carbocycles. The van der Waals surface area contributed by atoms with Crippen LogP contribution in [0.5, 0.6) is 0 Å². The van der Waals surface area contributed by atoms with Gasteiger partial charge in [0.1, 0.15) is 5.76 Å². The first-order valence-electron chi connectivity index (χ1n) is 6.41. The summed E-state index contributed by atoms with van der Waals surface area (Å²) in [6.07, 6.45) is 0.936. The molecule has 1 aromatic rings. The largest absolute Gasteiger partial charge is 0.361 e. The van der Waals surface area contributed by atoms with Crippen LogP contribution in [0.3, 0.4) is 0 Å². The number of nitrogens with one attached hydrogen (secondary N) is 2. The zero-order valence-electron chi connectivity index (χ0n) is 11.8. The van der Waals surface area contributed by atoms with E-state index in [1.165, 1.54) is 0 Å². The Bertz CT molecular complexity index is 381. The molecule has 0 aliphatic heterocycles. The minimum atomic E-state index is 0.0166. The molecule has 0 saturated carbocycles. The van der Waals surface area contributed by atoms with E-state index in [2.05, 4.69) is 15.8 Å². The molecule has 1 heterocycles. The lowest BCUT2D eigenvalue weighted by atomic mass is 10.1. The van der Waals surface area contributed by atoms with Gasteiger partial charge in [0.2, 0.25) is 5.91 Å². The smallest absolute Gasteiger partial charge is 0.234 e. The molecule has 102 valence electrons. The number of aryl methyl sites for hydroxylation is 2. The van der Waals surface area contributed by atoms with Crippen molar-refractivity contribution in [2.45, 2.75) is 53.1 Å². The number of rotatable bonds is 6. The van der Waals surface area contributed by atoms with Gasteiger partial charge in [-0.1, -0.05) is 12.1 Å². The first-order chi connectivity index (χ1) is 8.45. The van der Waals surface area contributed by atoms with E-state index in [-0.39, 0.29) is 18.0 Å². The van der Waals surface area contributed by atoms with Crippen molar-refractivity contribution < 1.29 is 9.32 Å². The Labute approximate surface area is 108 Å². The van der Waals surface area contributed by atoms with Crippen LogP contribution in [-0.2, 0) is 4.79 Å². The number of hydrogen-bond donors (Lipinski definition) is 2. The average molecular weight is 253 g/mol. The molecule has 1 aromatic heterocycles. The molecule has 0 aliphatic rings. The van der Waals surface area contributed by atoms with Crippen molar-refractivity contribution in [2.75, 3.05) is 6.54 Å². The molecule has 2 atom stereocenters. The lowest BCUT2D eigenvalue weighted by Crippen LogP contribution is -2.39. The van der Waals surface area contributed by atoms with Gasteiger partial charge >= 0.3 is 0 Å². The fourth-order valence-electron chi connectivity index (χ4n) is 1.88. The second kappa shape index (κ2) is 6.54. The van der Waals surface area contributed by atoms with E-state index in [1.807, 2.05) is 34.6 Å². The zero-order valence-corrected chi connectivity index (χ0v) is 11.8. The number of aromatic nitrogens is 1. The monoisotopic (exact) mass is 253 g/mol. The third-order valence-electron chi connectivity index (χ3n) is 3.11. The third-order valence-corrected chi connectivity index (χ3v) is 3.11. The van der Waals surface area contributed by atoms with Gasteiger partial charge in [-0.2, -0.15) is 0 Å². The third kappa shape index (κ3) is 3.84. The van der Waals surface area contributed by atoms with Crippen molar-refractivity contribution in [2.24, 2.45) is 0 Å². The molecule has 2 N–H and O–H groups in total. The molecular formula is C13H23N3O2. The van der Waals surface area contributed by atoms with Crippen molar-refractivity contribution in [1.82, 2.24) is 15.8 Å². The zero-order chi connectivity index (χ0) is 13.7. The van der Waals surface area contributed by atoms with Crippen LogP contribution < -0.4 is 10.6 Å². The summed E-state index contributed by atoms with van der Waals surface area (Å²) in [6.45, 7) is 10.1. The highest BCUT2D eigenvalue weighted by molar-refractivity contribution is 5.78. The highest BCUT2D eigenvalue weighted by atomic mass is 16.5. The molecule has 0 aliphatic carbocycles. The fourth-order valence-corrected chi connectivity index (χ4v) is 1.88. The van der Waals surface area contributed by atoms with Crippen molar-refractivity contribution >= 4 is 5.91 Å². The van der Waals surface area contributed by atoms with Gasteiger partial charge in [0, 0.05) is 17.6 Å². The van der Waals surface area contributed by atoms with Crippen molar-refractivity contribution in [3.63, 3.8) is 0 Å². The minimum absolute atomic E-state index is 0.0166. The van der Waals surface area contributed by atoms with Gasteiger partial charge < -0.3 is 15.2 Å². The van der Waals surface area contributed by atoms with Gasteiger partial charge in [0.15, 0.2) is 0 Å². The summed E-state index contributed by atoms with van der Waals surface area (Å²) in [5, 5.41) is 10.0. The summed E-state index contributed by atoms with van der Waals surface area (Å²) in [5.74, 6) is 0.817. The molecule has 18 heavy (non-hydrogen) atoms. The Kier molecular flexibility index (Phi) is 5.34. The Balaban J connectivity index is 2.47. The molecule has 0 spiro atoms. The molecule has 1 rings (SSSR count). The maximum absolute atomic E-state index is 11.6. The lowest BCUT2D eigenvalue weighted by molar-refractivity contribution is -0.121. The summed E-state index contributed by atoms with van der Waals surface area (Å²) in [5.41, 5.74) is 1.90. The van der Waals surface area contributed by atoms with Crippen molar-refractivity contribution in [3.8, 4) is 0 Å². The highest BCUT2D eigenvalue weighted by Crippen LogP contribution is 2.20. The number of carbonyl (C=O) groups is 1. The number of nitrogens with zero attached hydrogens (tertiary/aromatic N) is 1. The number of carbonyl (C=O) groups excluding carboxylic acids is 1. The van der Waals surface area contributed by atoms with Crippen LogP contribution in [-0.4, -0.2) is 23.7 Å². The predicted molar refractivity (Wildman–Crippen MR) is 70.3 cm³/mol. The summed E-state index contributed by atoms with van der Waals surface area (Å²) in [6, 6.07) is 0.271. The molecule has 0 saturated heterocycles. The fraction of sp³-hybridized carbons (Fsp3) is 0.692. The lowest BCUT2D eigenvalue weighted by Gasteiger charge is -2.15. The van der Waals surface area contributed by atoms with Crippen LogP contribution in [0.1, 0.15) is 50.3 Å². The van der Waals surface area contributed by atoms with Gasteiger partial charge in [0.25, 0.3) is 0 Å². The predicted octanol–water partition coefficient (Wildman–Crippen LogP) is 1.86. The minimum Gasteiger partial charge on any atom is -0.361 e. The molecule has 0 bridgehead atoms. The number of amides is 1. The topological polar surface area (TPSA) is 67.2 Å². The van der Waals surface area contributed by atoms with Gasteiger partial charge in [-0.05, 0) is 34.1 Å². The van der Waals surface area contributed by atoms with Crippen LogP contribution in [0.4, 0.5) is 0 Å². The van der Waals surface area contributed by atoms with Crippen LogP contribution in [0.25, 0.3) is 0 Å². The maximum atomic E-state index is 11.6. The van der Waals surface area contributed by atoms with E-state index >= 15 is 0 Å². The quantitative estimate of drug-likeness (QED) is 0.812. The molecule has 0 radical (unpaired) electrons. The Hall–Kier alpha value is -1.36. The second-order valence-corrected chi connectivity index (χ2v) is 4.72. The van der Waals surface area contributed by atoms with Crippen LogP contribution in [0.15, 0.2) is 4.52 Å². The van der Waals surface area contributed by atoms with E-state index in [1.54, 1.807) is 0 Å². The molecule has 1 amide bonds. The first-order valence-corrected chi connectivity index (χ1v) is 6.41. The van der Waals surface area contributed by atoms with E-state index in [0.29, 0.717) is 6.54 Å². The van der Waals surface area contributed by atoms with Gasteiger partial charge in [-0.15, -0.1) is 0 Å². The summed E-state index contributed by atoms with van der Waals surface area (Å²) in [7, 11) is 0. The summed E-state index contributed by atoms with van der Waals surface area (Å²) in [4.78, 5) is 11.6. The van der Waals surface area contributed by atoms with Crippen molar-refractivity contribution in [3.05, 3.63) is 17.0 Å². The molecule has 0 fully saturated rings. The molecule has 5 heteroatoms. The average Bonchev–Trinajstić information content (AvgIpc) is 2.66. The normalized spacial score (nSPS) is 14.3. The SMILES string of the molecule is CCC(C)NC(=O)CNC(C)c1c(C)noc1C. The van der Waals surface area contributed by atoms with Gasteiger partial charge in [0.05, 0.1) is 12.2 Å². The highest BCUT2D eigenvalue weighted by Gasteiger charge is 2.16. The summed E-state index contributed by atoms with van der Waals surface area (Å²) >= 11 is 0. The molecule has 5 nitrogen and oxygen atoms in total. The van der Waals surface area contributed by atoms with Crippen LogP contribution in [0, 0.1) is 13.8 Å². The van der Waals surface area contributed by atoms with E-state index < -0.39 is 0 Å². The van der Waals surface area contributed by atoms with Crippen molar-refractivity contribution in [1.29, 1.82) is 0 Å². The second-order valence-electron chi connectivity index (χ2n) is 4.72. The van der Waals surface area contributed by atoms with E-state index in [4.69, 9.17) is 4.52 Å². The maximum Gasteiger partial charge on any atom is 0.234 e. The van der Waals surface area contributed by atoms with Gasteiger partial charge in [-0.3, -0.25) is 4.79 Å². The first kappa shape index (κ1) is 14.7. The standard InChI is InChI=1S/C13H23N3O2/c1-6-8(2)15-12(17)7-14-9(3)13-10(4)16-18-11(13)5/h8-9,14H,6-7H2,1-5H3,(H,15,17). The van der Waals surface area contributed by atoms with Crippen LogP contribution in [0.2, 0.25) is 0 Å². The van der Waals surface area contributed by atoms with Gasteiger partial charge in [-0.25, -0.2) is 0 Å².